The molecule has 6 aliphatic carbocycles. The molecule has 2 amide bonds. The molecule has 5 heteroatoms. The van der Waals surface area contributed by atoms with Gasteiger partial charge in [-0.15, -0.1) is 0 Å². The highest BCUT2D eigenvalue weighted by Crippen LogP contribution is 2.82. The molecule has 6 saturated carbocycles. The van der Waals surface area contributed by atoms with Crippen molar-refractivity contribution in [1.82, 2.24) is 5.43 Å². The van der Waals surface area contributed by atoms with Crippen LogP contribution < -0.4 is 11.2 Å². The molecule has 6 bridgehead atoms. The van der Waals surface area contributed by atoms with Crippen LogP contribution in [-0.4, -0.2) is 16.6 Å². The first-order valence-electron chi connectivity index (χ1n) is 6.47. The van der Waals surface area contributed by atoms with Gasteiger partial charge in [-0.3, -0.25) is 0 Å². The number of hydrogen-bond acceptors (Lipinski definition) is 2. The van der Waals surface area contributed by atoms with Gasteiger partial charge in [-0.05, 0) is 41.9 Å². The average molecular weight is 296 g/mol. The number of carbonyl (C=O) groups is 1. The highest BCUT2D eigenvalue weighted by Gasteiger charge is 2.82. The van der Waals surface area contributed by atoms with Crippen molar-refractivity contribution in [3.8, 4) is 0 Å². The monoisotopic (exact) mass is 295 g/mol. The van der Waals surface area contributed by atoms with E-state index < -0.39 is 6.03 Å². The number of hydrazone groups is 1. The number of urea groups is 1. The van der Waals surface area contributed by atoms with Crippen molar-refractivity contribution < 1.29 is 4.79 Å². The van der Waals surface area contributed by atoms with Crippen LogP contribution in [-0.2, 0) is 0 Å². The molecule has 3 N–H and O–H groups in total. The molecular formula is C12H14BrN3O. The van der Waals surface area contributed by atoms with Crippen LogP contribution in [0.25, 0.3) is 0 Å². The summed E-state index contributed by atoms with van der Waals surface area (Å²) in [5, 5.41) is 4.35. The lowest BCUT2D eigenvalue weighted by Gasteiger charge is -2.32. The van der Waals surface area contributed by atoms with Crippen LogP contribution in [0.2, 0.25) is 0 Å². The molecule has 0 aromatic carbocycles. The predicted octanol–water partition coefficient (Wildman–Crippen LogP) is 1.16. The summed E-state index contributed by atoms with van der Waals surface area (Å²) in [6.07, 6.45) is 1.41. The van der Waals surface area contributed by atoms with Crippen LogP contribution in [0, 0.1) is 47.3 Å². The van der Waals surface area contributed by atoms with E-state index in [1.165, 1.54) is 12.1 Å². The van der Waals surface area contributed by atoms with E-state index in [-0.39, 0.29) is 0 Å². The molecule has 6 fully saturated rings. The Balaban J connectivity index is 1.62. The van der Waals surface area contributed by atoms with Crippen LogP contribution in [0.4, 0.5) is 4.79 Å². The Morgan fingerprint density at radius 2 is 2.00 bits per heavy atom. The number of nitrogens with one attached hydrogen (secondary N) is 1. The lowest BCUT2D eigenvalue weighted by molar-refractivity contribution is 0.132. The van der Waals surface area contributed by atoms with Gasteiger partial charge in [-0.2, -0.15) is 5.10 Å². The molecule has 9 atom stereocenters. The fraction of sp³-hybridized carbons (Fsp3) is 0.833. The minimum Gasteiger partial charge on any atom is -0.350 e. The predicted molar refractivity (Wildman–Crippen MR) is 65.4 cm³/mol. The maximum absolute atomic E-state index is 10.8. The Labute approximate surface area is 108 Å². The number of nitrogens with zero attached hydrogens (tertiary/aromatic N) is 1. The summed E-state index contributed by atoms with van der Waals surface area (Å²) in [6.45, 7) is 0. The zero-order valence-electron chi connectivity index (χ0n) is 9.21. The smallest absolute Gasteiger partial charge is 0.332 e. The Bertz CT molecular complexity index is 476. The number of amides is 2. The van der Waals surface area contributed by atoms with E-state index in [1.807, 2.05) is 0 Å². The fourth-order valence-electron chi connectivity index (χ4n) is 6.49. The molecule has 0 aliphatic heterocycles. The first kappa shape index (κ1) is 9.36. The first-order valence-corrected chi connectivity index (χ1v) is 7.38. The quantitative estimate of drug-likeness (QED) is 0.553. The number of hydrogen-bond donors (Lipinski definition) is 2. The minimum absolute atomic E-state index is 0.536. The van der Waals surface area contributed by atoms with Gasteiger partial charge in [0.1, 0.15) is 0 Å². The van der Waals surface area contributed by atoms with Crippen LogP contribution in [0.5, 0.6) is 0 Å². The topological polar surface area (TPSA) is 67.5 Å². The zero-order chi connectivity index (χ0) is 11.5. The molecule has 90 valence electrons. The van der Waals surface area contributed by atoms with Crippen molar-refractivity contribution in [2.24, 2.45) is 58.2 Å². The zero-order valence-corrected chi connectivity index (χ0v) is 10.8. The molecular weight excluding hydrogens is 282 g/mol. The molecule has 0 saturated heterocycles. The number of rotatable bonds is 1. The normalized spacial score (nSPS) is 65.7. The first-order chi connectivity index (χ1) is 8.20. The van der Waals surface area contributed by atoms with Crippen LogP contribution >= 0.6 is 15.9 Å². The lowest BCUT2D eigenvalue weighted by atomic mass is 9.71. The van der Waals surface area contributed by atoms with Crippen LogP contribution in [0.1, 0.15) is 6.42 Å². The van der Waals surface area contributed by atoms with Gasteiger partial charge in [-0.25, -0.2) is 10.2 Å². The second-order valence-electron chi connectivity index (χ2n) is 6.38. The summed E-state index contributed by atoms with van der Waals surface area (Å²) < 4.78 is 0. The Morgan fingerprint density at radius 3 is 2.71 bits per heavy atom. The Morgan fingerprint density at radius 1 is 1.24 bits per heavy atom. The molecule has 6 aliphatic rings. The molecule has 9 unspecified atom stereocenters. The standard InChI is InChI=1S/C12H14BrN3O/c13-10-6-2-1-3-4(6)9-8(10)5(2)7(3)11(9)15-16-12(14)17/h2-10H,1H2,(H3,14,16,17). The van der Waals surface area contributed by atoms with Gasteiger partial charge in [0.15, 0.2) is 0 Å². The largest absolute Gasteiger partial charge is 0.350 e. The van der Waals surface area contributed by atoms with Gasteiger partial charge in [-0.1, -0.05) is 15.9 Å². The van der Waals surface area contributed by atoms with E-state index in [0.717, 1.165) is 35.5 Å². The second kappa shape index (κ2) is 2.56. The van der Waals surface area contributed by atoms with E-state index in [1.54, 1.807) is 0 Å². The van der Waals surface area contributed by atoms with Gasteiger partial charge in [0.05, 0.1) is 0 Å². The molecule has 0 radical (unpaired) electrons. The van der Waals surface area contributed by atoms with Gasteiger partial charge in [0.2, 0.25) is 0 Å². The number of alkyl halides is 1. The molecule has 0 spiro atoms. The number of carbonyl (C=O) groups excluding carboxylic acids is 1. The lowest BCUT2D eigenvalue weighted by Crippen LogP contribution is -2.30. The van der Waals surface area contributed by atoms with Gasteiger partial charge in [0.25, 0.3) is 0 Å². The molecule has 0 heterocycles. The fourth-order valence-corrected chi connectivity index (χ4v) is 7.92. The van der Waals surface area contributed by atoms with E-state index in [9.17, 15) is 4.79 Å². The van der Waals surface area contributed by atoms with Crippen molar-refractivity contribution in [3.63, 3.8) is 0 Å². The number of primary amides is 1. The molecule has 0 aromatic heterocycles. The van der Waals surface area contributed by atoms with Crippen LogP contribution in [0.15, 0.2) is 5.10 Å². The van der Waals surface area contributed by atoms with Gasteiger partial charge >= 0.3 is 6.03 Å². The second-order valence-corrected chi connectivity index (χ2v) is 7.44. The number of nitrogens with two attached hydrogens (primary N) is 1. The summed E-state index contributed by atoms with van der Waals surface area (Å²) >= 11 is 3.93. The summed E-state index contributed by atoms with van der Waals surface area (Å²) in [6, 6.07) is -0.536. The van der Waals surface area contributed by atoms with E-state index in [4.69, 9.17) is 5.73 Å². The van der Waals surface area contributed by atoms with Crippen molar-refractivity contribution in [3.05, 3.63) is 0 Å². The maximum Gasteiger partial charge on any atom is 0.332 e. The van der Waals surface area contributed by atoms with E-state index in [2.05, 4.69) is 26.5 Å². The SMILES string of the molecule is NC(=O)NN=C1C2C3C(Br)C4C5CC(C1C53)C24. The summed E-state index contributed by atoms with van der Waals surface area (Å²) in [4.78, 5) is 11.5. The molecule has 6 rings (SSSR count). The van der Waals surface area contributed by atoms with Crippen molar-refractivity contribution in [1.29, 1.82) is 0 Å². The average Bonchev–Trinajstić information content (AvgIpc) is 2.97. The van der Waals surface area contributed by atoms with Crippen LogP contribution in [0.3, 0.4) is 0 Å². The van der Waals surface area contributed by atoms with Gasteiger partial charge < -0.3 is 5.73 Å². The number of halogens is 1. The van der Waals surface area contributed by atoms with Gasteiger partial charge in [0, 0.05) is 22.4 Å². The summed E-state index contributed by atoms with van der Waals surface area (Å²) in [5.74, 6) is 6.55. The minimum atomic E-state index is -0.536. The van der Waals surface area contributed by atoms with Crippen molar-refractivity contribution in [2.75, 3.05) is 0 Å². The van der Waals surface area contributed by atoms with E-state index in [0.29, 0.717) is 16.7 Å². The molecule has 4 nitrogen and oxygen atoms in total. The van der Waals surface area contributed by atoms with E-state index >= 15 is 0 Å². The molecule has 0 aromatic rings. The Hall–Kier alpha value is -0.580. The van der Waals surface area contributed by atoms with Crippen molar-refractivity contribution >= 4 is 27.7 Å². The molecule has 17 heavy (non-hydrogen) atoms. The summed E-state index contributed by atoms with van der Waals surface area (Å²) in [5.41, 5.74) is 8.86. The maximum atomic E-state index is 10.8. The summed E-state index contributed by atoms with van der Waals surface area (Å²) in [7, 11) is 0. The van der Waals surface area contributed by atoms with Crippen molar-refractivity contribution in [2.45, 2.75) is 11.2 Å². The third-order valence-electron chi connectivity index (χ3n) is 6.34. The Kier molecular flexibility index (Phi) is 1.41. The third kappa shape index (κ3) is 0.761. The third-order valence-corrected chi connectivity index (χ3v) is 7.56. The highest BCUT2D eigenvalue weighted by molar-refractivity contribution is 9.09. The highest BCUT2D eigenvalue weighted by atomic mass is 79.9.